The lowest BCUT2D eigenvalue weighted by molar-refractivity contribution is 0.122. The number of ether oxygens (including phenoxy) is 1. The summed E-state index contributed by atoms with van der Waals surface area (Å²) in [6, 6.07) is 13.9. The zero-order valence-corrected chi connectivity index (χ0v) is 13.8. The monoisotopic (exact) mass is 336 g/mol. The molecule has 1 aliphatic heterocycles. The summed E-state index contributed by atoms with van der Waals surface area (Å²) in [4.78, 5) is 6.69. The molecule has 0 spiro atoms. The van der Waals surface area contributed by atoms with E-state index >= 15 is 0 Å². The summed E-state index contributed by atoms with van der Waals surface area (Å²) in [5.74, 6) is 1.33. The molecule has 0 atom stereocenters. The normalized spacial score (nSPS) is 14.5. The minimum absolute atomic E-state index is 0.590. The van der Waals surface area contributed by atoms with Gasteiger partial charge in [-0.3, -0.25) is 0 Å². The number of rotatable bonds is 4. The third kappa shape index (κ3) is 3.41. The molecule has 0 bridgehead atoms. The molecule has 3 aromatic rings. The number of nitrogens with zero attached hydrogens (tertiary/aromatic N) is 4. The molecule has 25 heavy (non-hydrogen) atoms. The van der Waals surface area contributed by atoms with E-state index < -0.39 is 0 Å². The number of aromatic nitrogens is 3. The van der Waals surface area contributed by atoms with Gasteiger partial charge in [-0.25, -0.2) is 9.67 Å². The number of morpholine rings is 1. The summed E-state index contributed by atoms with van der Waals surface area (Å²) in [5, 5.41) is 7.54. The first kappa shape index (κ1) is 15.5. The van der Waals surface area contributed by atoms with E-state index in [0.29, 0.717) is 5.82 Å². The fourth-order valence-electron chi connectivity index (χ4n) is 2.87. The molecule has 7 nitrogen and oxygen atoms in total. The number of nitrogen functional groups attached to an aromatic ring is 1. The van der Waals surface area contributed by atoms with Crippen molar-refractivity contribution in [3.8, 4) is 5.69 Å². The maximum Gasteiger partial charge on any atom is 0.132 e. The number of nitrogens with one attached hydrogen (secondary N) is 1. The summed E-state index contributed by atoms with van der Waals surface area (Å²) in [5.41, 5.74) is 8.96. The Labute approximate surface area is 146 Å². The average molecular weight is 336 g/mol. The Bertz CT molecular complexity index is 839. The summed E-state index contributed by atoms with van der Waals surface area (Å²) in [6.07, 6.45) is 3.41. The van der Waals surface area contributed by atoms with Crippen molar-refractivity contribution in [3.05, 3.63) is 54.9 Å². The largest absolute Gasteiger partial charge is 0.384 e. The highest BCUT2D eigenvalue weighted by Gasteiger charge is 2.11. The Morgan fingerprint density at radius 2 is 1.76 bits per heavy atom. The van der Waals surface area contributed by atoms with Gasteiger partial charge in [-0.2, -0.15) is 5.10 Å². The summed E-state index contributed by atoms with van der Waals surface area (Å²) >= 11 is 0. The molecule has 1 fully saturated rings. The molecule has 1 saturated heterocycles. The third-order valence-corrected chi connectivity index (χ3v) is 4.18. The third-order valence-electron chi connectivity index (χ3n) is 4.18. The van der Waals surface area contributed by atoms with Crippen LogP contribution < -0.4 is 16.0 Å². The van der Waals surface area contributed by atoms with Gasteiger partial charge in [0.2, 0.25) is 0 Å². The van der Waals surface area contributed by atoms with Crippen molar-refractivity contribution in [2.45, 2.75) is 0 Å². The van der Waals surface area contributed by atoms with Crippen molar-refractivity contribution >= 4 is 23.0 Å². The highest BCUT2D eigenvalue weighted by molar-refractivity contribution is 5.62. The van der Waals surface area contributed by atoms with Gasteiger partial charge in [-0.05, 0) is 30.3 Å². The molecule has 4 rings (SSSR count). The molecular formula is C18H20N6O. The van der Waals surface area contributed by atoms with Crippen LogP contribution in [0.1, 0.15) is 0 Å². The van der Waals surface area contributed by atoms with Crippen LogP contribution in [0.5, 0.6) is 0 Å². The van der Waals surface area contributed by atoms with Crippen molar-refractivity contribution in [1.29, 1.82) is 0 Å². The Hall–Kier alpha value is -3.06. The van der Waals surface area contributed by atoms with Crippen LogP contribution in [0.2, 0.25) is 0 Å². The Balaban J connectivity index is 1.49. The molecule has 3 N–H and O–H groups in total. The Morgan fingerprint density at radius 3 is 2.48 bits per heavy atom. The zero-order chi connectivity index (χ0) is 17.1. The van der Waals surface area contributed by atoms with Gasteiger partial charge >= 0.3 is 0 Å². The van der Waals surface area contributed by atoms with Crippen LogP contribution in [0.15, 0.2) is 54.9 Å². The molecule has 0 unspecified atom stereocenters. The Morgan fingerprint density at radius 1 is 0.960 bits per heavy atom. The molecule has 2 aromatic heterocycles. The number of hydrogen-bond donors (Lipinski definition) is 2. The van der Waals surface area contributed by atoms with Crippen molar-refractivity contribution in [2.75, 3.05) is 42.3 Å². The van der Waals surface area contributed by atoms with Crippen LogP contribution in [0.25, 0.3) is 5.69 Å². The topological polar surface area (TPSA) is 81.2 Å². The van der Waals surface area contributed by atoms with Gasteiger partial charge in [-0.15, -0.1) is 0 Å². The molecule has 0 amide bonds. The molecular weight excluding hydrogens is 316 g/mol. The smallest absolute Gasteiger partial charge is 0.132 e. The number of benzene rings is 1. The van der Waals surface area contributed by atoms with E-state index in [4.69, 9.17) is 10.5 Å². The second-order valence-electron chi connectivity index (χ2n) is 5.84. The van der Waals surface area contributed by atoms with E-state index in [9.17, 15) is 0 Å². The maximum atomic E-state index is 5.91. The fourth-order valence-corrected chi connectivity index (χ4v) is 2.87. The number of hydrogen-bond acceptors (Lipinski definition) is 6. The molecule has 1 aromatic carbocycles. The first-order valence-electron chi connectivity index (χ1n) is 8.25. The minimum Gasteiger partial charge on any atom is -0.384 e. The lowest BCUT2D eigenvalue weighted by Crippen LogP contribution is -2.36. The van der Waals surface area contributed by atoms with Crippen molar-refractivity contribution < 1.29 is 4.74 Å². The second kappa shape index (κ2) is 6.82. The van der Waals surface area contributed by atoms with Crippen LogP contribution in [0, 0.1) is 0 Å². The van der Waals surface area contributed by atoms with E-state index in [2.05, 4.69) is 44.6 Å². The van der Waals surface area contributed by atoms with Gasteiger partial charge in [0, 0.05) is 42.8 Å². The molecule has 7 heteroatoms. The zero-order valence-electron chi connectivity index (χ0n) is 13.8. The van der Waals surface area contributed by atoms with E-state index in [1.54, 1.807) is 23.1 Å². The molecule has 0 aliphatic carbocycles. The second-order valence-corrected chi connectivity index (χ2v) is 5.84. The quantitative estimate of drug-likeness (QED) is 0.761. The van der Waals surface area contributed by atoms with Crippen LogP contribution in [-0.2, 0) is 4.74 Å². The van der Waals surface area contributed by atoms with Crippen molar-refractivity contribution in [3.63, 3.8) is 0 Å². The summed E-state index contributed by atoms with van der Waals surface area (Å²) in [7, 11) is 0. The van der Waals surface area contributed by atoms with Gasteiger partial charge in [0.15, 0.2) is 0 Å². The standard InChI is InChI=1S/C18H20N6O/c19-17-6-8-21-24(17)16-5-7-20-18(13-16)22-14-1-3-15(4-2-14)23-9-11-25-12-10-23/h1-8,13H,9-12,19H2,(H,20,22). The van der Waals surface area contributed by atoms with Gasteiger partial charge in [0.05, 0.1) is 25.1 Å². The van der Waals surface area contributed by atoms with Crippen LogP contribution >= 0.6 is 0 Å². The van der Waals surface area contributed by atoms with Crippen LogP contribution in [-0.4, -0.2) is 41.1 Å². The van der Waals surface area contributed by atoms with Crippen molar-refractivity contribution in [2.24, 2.45) is 0 Å². The molecule has 0 saturated carbocycles. The van der Waals surface area contributed by atoms with Crippen molar-refractivity contribution in [1.82, 2.24) is 14.8 Å². The highest BCUT2D eigenvalue weighted by Crippen LogP contribution is 2.22. The lowest BCUT2D eigenvalue weighted by atomic mass is 10.2. The summed E-state index contributed by atoms with van der Waals surface area (Å²) < 4.78 is 7.07. The SMILES string of the molecule is Nc1ccnn1-c1ccnc(Nc2ccc(N3CCOCC3)cc2)c1. The minimum atomic E-state index is 0.590. The first-order chi connectivity index (χ1) is 12.3. The first-order valence-corrected chi connectivity index (χ1v) is 8.25. The molecule has 3 heterocycles. The van der Waals surface area contributed by atoms with Crippen LogP contribution in [0.3, 0.4) is 0 Å². The van der Waals surface area contributed by atoms with Gasteiger partial charge < -0.3 is 20.7 Å². The number of anilines is 4. The molecule has 0 radical (unpaired) electrons. The summed E-state index contributed by atoms with van der Waals surface area (Å²) in [6.45, 7) is 3.43. The predicted octanol–water partition coefficient (Wildman–Crippen LogP) is 2.43. The Kier molecular flexibility index (Phi) is 4.22. The molecule has 128 valence electrons. The van der Waals surface area contributed by atoms with E-state index in [-0.39, 0.29) is 0 Å². The highest BCUT2D eigenvalue weighted by atomic mass is 16.5. The predicted molar refractivity (Wildman–Crippen MR) is 98.5 cm³/mol. The number of nitrogens with two attached hydrogens (primary N) is 1. The van der Waals surface area contributed by atoms with Crippen LogP contribution in [0.4, 0.5) is 23.0 Å². The molecule has 1 aliphatic rings. The average Bonchev–Trinajstić information content (AvgIpc) is 3.09. The van der Waals surface area contributed by atoms with E-state index in [1.165, 1.54) is 5.69 Å². The lowest BCUT2D eigenvalue weighted by Gasteiger charge is -2.28. The number of pyridine rings is 1. The van der Waals surface area contributed by atoms with Gasteiger partial charge in [0.25, 0.3) is 0 Å². The van der Waals surface area contributed by atoms with E-state index in [1.807, 2.05) is 12.1 Å². The van der Waals surface area contributed by atoms with E-state index in [0.717, 1.165) is 43.5 Å². The fraction of sp³-hybridized carbons (Fsp3) is 0.222. The van der Waals surface area contributed by atoms with Gasteiger partial charge in [-0.1, -0.05) is 0 Å². The maximum absolute atomic E-state index is 5.91. The van der Waals surface area contributed by atoms with Gasteiger partial charge in [0.1, 0.15) is 11.6 Å².